The van der Waals surface area contributed by atoms with Crippen LogP contribution in [-0.4, -0.2) is 22.6 Å². The third-order valence-corrected chi connectivity index (χ3v) is 5.00. The van der Waals surface area contributed by atoms with Crippen molar-refractivity contribution in [2.24, 2.45) is 23.6 Å². The van der Waals surface area contributed by atoms with Gasteiger partial charge in [0, 0.05) is 40.6 Å². The van der Waals surface area contributed by atoms with Crippen molar-refractivity contribution in [3.63, 3.8) is 0 Å². The summed E-state index contributed by atoms with van der Waals surface area (Å²) in [7, 11) is 1.86. The molecule has 1 aliphatic carbocycles. The van der Waals surface area contributed by atoms with E-state index in [0.29, 0.717) is 5.69 Å². The van der Waals surface area contributed by atoms with Crippen molar-refractivity contribution in [3.05, 3.63) is 22.4 Å². The Kier molecular flexibility index (Phi) is 3.34. The lowest BCUT2D eigenvalue weighted by atomic mass is 9.48. The van der Waals surface area contributed by atoms with Gasteiger partial charge in [0.05, 0.1) is 0 Å². The molecule has 0 atom stereocenters. The standard InChI is InChI=1S/C14H22BrN3O/c1-13(2)11(16)14(3,4)12(13)17-10(19)9-6-8(15)7-18(9)5/h6-7,11-12H,16H2,1-5H3,(H,17,19). The Morgan fingerprint density at radius 1 is 1.37 bits per heavy atom. The average Bonchev–Trinajstić information content (AvgIpc) is 2.63. The molecular weight excluding hydrogens is 306 g/mol. The summed E-state index contributed by atoms with van der Waals surface area (Å²) in [6, 6.07) is 2.00. The quantitative estimate of drug-likeness (QED) is 0.875. The van der Waals surface area contributed by atoms with Gasteiger partial charge in [-0.3, -0.25) is 4.79 Å². The van der Waals surface area contributed by atoms with Crippen LogP contribution in [0.15, 0.2) is 16.7 Å². The number of halogens is 1. The number of nitrogens with one attached hydrogen (secondary N) is 1. The third-order valence-electron chi connectivity index (χ3n) is 4.57. The topological polar surface area (TPSA) is 60.0 Å². The number of hydrogen-bond donors (Lipinski definition) is 2. The van der Waals surface area contributed by atoms with E-state index in [4.69, 9.17) is 5.73 Å². The van der Waals surface area contributed by atoms with Crippen LogP contribution < -0.4 is 11.1 Å². The number of carbonyl (C=O) groups excluding carboxylic acids is 1. The number of aryl methyl sites for hydroxylation is 1. The van der Waals surface area contributed by atoms with Crippen LogP contribution in [0.1, 0.15) is 38.2 Å². The summed E-state index contributed by atoms with van der Waals surface area (Å²) in [4.78, 5) is 12.4. The molecule has 1 aliphatic rings. The van der Waals surface area contributed by atoms with Gasteiger partial charge in [-0.15, -0.1) is 0 Å². The zero-order valence-electron chi connectivity index (χ0n) is 12.1. The van der Waals surface area contributed by atoms with E-state index in [1.807, 2.05) is 23.9 Å². The molecule has 0 aliphatic heterocycles. The zero-order valence-corrected chi connectivity index (χ0v) is 13.7. The second kappa shape index (κ2) is 4.35. The lowest BCUT2D eigenvalue weighted by Crippen LogP contribution is -2.76. The molecule has 106 valence electrons. The first kappa shape index (κ1) is 14.6. The smallest absolute Gasteiger partial charge is 0.268 e. The minimum absolute atomic E-state index is 0.0498. The van der Waals surface area contributed by atoms with Gasteiger partial charge in [0.1, 0.15) is 5.69 Å². The highest BCUT2D eigenvalue weighted by atomic mass is 79.9. The van der Waals surface area contributed by atoms with Gasteiger partial charge >= 0.3 is 0 Å². The largest absolute Gasteiger partial charge is 0.347 e. The lowest BCUT2D eigenvalue weighted by molar-refractivity contribution is -0.0664. The Bertz CT molecular complexity index is 503. The van der Waals surface area contributed by atoms with Crippen LogP contribution in [-0.2, 0) is 7.05 Å². The van der Waals surface area contributed by atoms with Crippen LogP contribution in [0.25, 0.3) is 0 Å². The maximum absolute atomic E-state index is 12.4. The summed E-state index contributed by atoms with van der Waals surface area (Å²) in [5, 5.41) is 3.14. The predicted molar refractivity (Wildman–Crippen MR) is 79.9 cm³/mol. The minimum atomic E-state index is -0.0818. The first-order chi connectivity index (χ1) is 8.58. The van der Waals surface area contributed by atoms with E-state index in [2.05, 4.69) is 48.9 Å². The van der Waals surface area contributed by atoms with E-state index in [9.17, 15) is 4.79 Å². The second-order valence-electron chi connectivity index (χ2n) is 6.68. The maximum Gasteiger partial charge on any atom is 0.268 e. The number of nitrogens with zero attached hydrogens (tertiary/aromatic N) is 1. The highest BCUT2D eigenvalue weighted by Crippen LogP contribution is 2.52. The van der Waals surface area contributed by atoms with Crippen LogP contribution in [0, 0.1) is 10.8 Å². The molecule has 0 aromatic carbocycles. The van der Waals surface area contributed by atoms with E-state index in [1.54, 1.807) is 0 Å². The van der Waals surface area contributed by atoms with Gasteiger partial charge in [-0.1, -0.05) is 27.7 Å². The molecule has 0 unspecified atom stereocenters. The molecule has 19 heavy (non-hydrogen) atoms. The molecule has 1 heterocycles. The van der Waals surface area contributed by atoms with Gasteiger partial charge in [0.2, 0.25) is 0 Å². The predicted octanol–water partition coefficient (Wildman–Crippen LogP) is 2.28. The van der Waals surface area contributed by atoms with Crippen molar-refractivity contribution in [2.45, 2.75) is 39.8 Å². The Balaban J connectivity index is 2.18. The minimum Gasteiger partial charge on any atom is -0.347 e. The summed E-state index contributed by atoms with van der Waals surface area (Å²) >= 11 is 3.38. The van der Waals surface area contributed by atoms with E-state index in [1.165, 1.54) is 0 Å². The molecule has 2 rings (SSSR count). The first-order valence-corrected chi connectivity index (χ1v) is 7.26. The second-order valence-corrected chi connectivity index (χ2v) is 7.60. The van der Waals surface area contributed by atoms with E-state index >= 15 is 0 Å². The molecule has 0 radical (unpaired) electrons. The number of nitrogens with two attached hydrogens (primary N) is 1. The summed E-state index contributed by atoms with van der Waals surface area (Å²) < 4.78 is 2.72. The molecule has 3 N–H and O–H groups in total. The molecule has 5 heteroatoms. The Labute approximate surface area is 122 Å². The fourth-order valence-corrected chi connectivity index (χ4v) is 4.03. The normalized spacial score (nSPS) is 27.7. The van der Waals surface area contributed by atoms with Crippen LogP contribution in [0.3, 0.4) is 0 Å². The maximum atomic E-state index is 12.4. The Hall–Kier alpha value is -0.810. The molecule has 0 saturated heterocycles. The number of aromatic nitrogens is 1. The Morgan fingerprint density at radius 3 is 2.32 bits per heavy atom. The van der Waals surface area contributed by atoms with Crippen molar-refractivity contribution in [3.8, 4) is 0 Å². The summed E-state index contributed by atoms with van der Waals surface area (Å²) in [6.45, 7) is 8.42. The van der Waals surface area contributed by atoms with Gasteiger partial charge in [-0.25, -0.2) is 0 Å². The van der Waals surface area contributed by atoms with Crippen molar-refractivity contribution in [2.75, 3.05) is 0 Å². The molecule has 1 aromatic rings. The first-order valence-electron chi connectivity index (χ1n) is 6.46. The molecule has 0 spiro atoms. The number of rotatable bonds is 2. The van der Waals surface area contributed by atoms with Gasteiger partial charge in [-0.2, -0.15) is 0 Å². The molecule has 1 saturated carbocycles. The highest BCUT2D eigenvalue weighted by Gasteiger charge is 2.60. The molecule has 0 bridgehead atoms. The summed E-state index contributed by atoms with van der Waals surface area (Å²) in [6.07, 6.45) is 1.87. The lowest BCUT2D eigenvalue weighted by Gasteiger charge is -2.62. The molecule has 1 amide bonds. The van der Waals surface area contributed by atoms with Crippen LogP contribution in [0.5, 0.6) is 0 Å². The molecular formula is C14H22BrN3O. The number of amides is 1. The summed E-state index contributed by atoms with van der Waals surface area (Å²) in [5.74, 6) is -0.0498. The zero-order chi connectivity index (χ0) is 14.6. The van der Waals surface area contributed by atoms with Crippen molar-refractivity contribution < 1.29 is 4.79 Å². The summed E-state index contributed by atoms with van der Waals surface area (Å²) in [5.41, 5.74) is 6.70. The Morgan fingerprint density at radius 2 is 1.89 bits per heavy atom. The van der Waals surface area contributed by atoms with E-state index < -0.39 is 0 Å². The van der Waals surface area contributed by atoms with Gasteiger partial charge in [0.25, 0.3) is 5.91 Å². The van der Waals surface area contributed by atoms with E-state index in [-0.39, 0.29) is 28.8 Å². The number of carbonyl (C=O) groups is 1. The van der Waals surface area contributed by atoms with Gasteiger partial charge < -0.3 is 15.6 Å². The van der Waals surface area contributed by atoms with Crippen LogP contribution >= 0.6 is 15.9 Å². The van der Waals surface area contributed by atoms with Gasteiger partial charge in [-0.05, 0) is 22.0 Å². The third kappa shape index (κ3) is 2.13. The molecule has 4 nitrogen and oxygen atoms in total. The monoisotopic (exact) mass is 327 g/mol. The fraction of sp³-hybridized carbons (Fsp3) is 0.643. The van der Waals surface area contributed by atoms with Crippen LogP contribution in [0.2, 0.25) is 0 Å². The SMILES string of the molecule is Cn1cc(Br)cc1C(=O)NC1C(C)(C)C(N)C1(C)C. The number of hydrogen-bond acceptors (Lipinski definition) is 2. The molecule has 1 fully saturated rings. The molecule has 1 aromatic heterocycles. The van der Waals surface area contributed by atoms with Crippen molar-refractivity contribution >= 4 is 21.8 Å². The average molecular weight is 328 g/mol. The highest BCUT2D eigenvalue weighted by molar-refractivity contribution is 9.10. The van der Waals surface area contributed by atoms with Gasteiger partial charge in [0.15, 0.2) is 0 Å². The fourth-order valence-electron chi connectivity index (χ4n) is 3.51. The van der Waals surface area contributed by atoms with Crippen LogP contribution in [0.4, 0.5) is 0 Å². The van der Waals surface area contributed by atoms with Crippen molar-refractivity contribution in [1.82, 2.24) is 9.88 Å². The van der Waals surface area contributed by atoms with Crippen molar-refractivity contribution in [1.29, 1.82) is 0 Å². The van der Waals surface area contributed by atoms with E-state index in [0.717, 1.165) is 4.47 Å².